The Hall–Kier alpha value is -2.19. The van der Waals surface area contributed by atoms with Crippen LogP contribution in [0.25, 0.3) is 0 Å². The molecule has 0 atom stereocenters. The van der Waals surface area contributed by atoms with Crippen molar-refractivity contribution in [2.45, 2.75) is 37.3 Å². The molecule has 2 fully saturated rings. The Balaban J connectivity index is 0.00000240. The van der Waals surface area contributed by atoms with Gasteiger partial charge in [-0.15, -0.1) is 12.4 Å². The van der Waals surface area contributed by atoms with Gasteiger partial charge in [0.15, 0.2) is 11.6 Å². The standard InChI is InChI=1S/C20H24F2N4O2.ClH/c21-15-2-3-18(17(22)14-15)28-16-4-12-25(13-5-16)19(27)20(6-9-23-10-7-20)26-11-1-8-24-26;/h1-3,8,11,14,16,23H,4-7,9-10,12-13H2;1H. The second kappa shape index (κ2) is 9.09. The number of carbonyl (C=O) groups is 1. The highest BCUT2D eigenvalue weighted by atomic mass is 35.5. The maximum atomic E-state index is 13.8. The highest BCUT2D eigenvalue weighted by Gasteiger charge is 2.45. The number of hydrogen-bond donors (Lipinski definition) is 1. The quantitative estimate of drug-likeness (QED) is 0.816. The van der Waals surface area contributed by atoms with Crippen LogP contribution in [0.1, 0.15) is 25.7 Å². The monoisotopic (exact) mass is 426 g/mol. The van der Waals surface area contributed by atoms with Gasteiger partial charge in [0.25, 0.3) is 5.91 Å². The van der Waals surface area contributed by atoms with Crippen LogP contribution in [0, 0.1) is 11.6 Å². The lowest BCUT2D eigenvalue weighted by molar-refractivity contribution is -0.145. The van der Waals surface area contributed by atoms with Gasteiger partial charge in [0.1, 0.15) is 17.5 Å². The van der Waals surface area contributed by atoms with Crippen molar-refractivity contribution in [2.24, 2.45) is 0 Å². The first-order valence-corrected chi connectivity index (χ1v) is 9.70. The van der Waals surface area contributed by atoms with E-state index in [0.29, 0.717) is 38.8 Å². The van der Waals surface area contributed by atoms with Crippen LogP contribution in [-0.2, 0) is 10.3 Å². The SMILES string of the molecule is Cl.O=C(N1CCC(Oc2ccc(F)cc2F)CC1)C1(n2cccn2)CCNCC1. The molecule has 9 heteroatoms. The number of piperidine rings is 2. The molecule has 29 heavy (non-hydrogen) atoms. The lowest BCUT2D eigenvalue weighted by Gasteiger charge is -2.42. The molecule has 2 saturated heterocycles. The van der Waals surface area contributed by atoms with Gasteiger partial charge in [-0.05, 0) is 44.1 Å². The van der Waals surface area contributed by atoms with Crippen molar-refractivity contribution in [1.82, 2.24) is 20.0 Å². The fraction of sp³-hybridized carbons (Fsp3) is 0.500. The zero-order chi connectivity index (χ0) is 19.6. The highest BCUT2D eigenvalue weighted by Crippen LogP contribution is 2.31. The summed E-state index contributed by atoms with van der Waals surface area (Å²) in [4.78, 5) is 15.3. The van der Waals surface area contributed by atoms with Crippen LogP contribution in [0.2, 0.25) is 0 Å². The van der Waals surface area contributed by atoms with Crippen LogP contribution in [0.5, 0.6) is 5.75 Å². The van der Waals surface area contributed by atoms with Crippen molar-refractivity contribution >= 4 is 18.3 Å². The molecule has 1 aromatic carbocycles. The molecule has 2 aromatic rings. The molecule has 158 valence electrons. The van der Waals surface area contributed by atoms with E-state index >= 15 is 0 Å². The molecule has 0 radical (unpaired) electrons. The minimum atomic E-state index is -0.703. The van der Waals surface area contributed by atoms with Gasteiger partial charge in [-0.2, -0.15) is 5.10 Å². The van der Waals surface area contributed by atoms with Crippen molar-refractivity contribution in [3.8, 4) is 5.75 Å². The summed E-state index contributed by atoms with van der Waals surface area (Å²) in [6.45, 7) is 2.63. The summed E-state index contributed by atoms with van der Waals surface area (Å²) in [5.41, 5.74) is -0.647. The summed E-state index contributed by atoms with van der Waals surface area (Å²) >= 11 is 0. The number of aromatic nitrogens is 2. The number of nitrogens with one attached hydrogen (secondary N) is 1. The van der Waals surface area contributed by atoms with Gasteiger partial charge < -0.3 is 15.0 Å². The van der Waals surface area contributed by atoms with Crippen molar-refractivity contribution in [3.05, 3.63) is 48.3 Å². The van der Waals surface area contributed by atoms with Crippen LogP contribution in [-0.4, -0.2) is 52.9 Å². The molecule has 3 heterocycles. The van der Waals surface area contributed by atoms with E-state index in [1.807, 2.05) is 17.2 Å². The molecule has 2 aliphatic heterocycles. The van der Waals surface area contributed by atoms with Gasteiger partial charge in [0, 0.05) is 44.4 Å². The molecule has 2 aliphatic rings. The Kier molecular flexibility index (Phi) is 6.74. The summed E-state index contributed by atoms with van der Waals surface area (Å²) in [5.74, 6) is -1.19. The number of halogens is 3. The summed E-state index contributed by atoms with van der Waals surface area (Å²) in [5, 5.41) is 7.67. The smallest absolute Gasteiger partial charge is 0.250 e. The van der Waals surface area contributed by atoms with Gasteiger partial charge in [-0.1, -0.05) is 0 Å². The van der Waals surface area contributed by atoms with Crippen LogP contribution in [0.3, 0.4) is 0 Å². The fourth-order valence-corrected chi connectivity index (χ4v) is 4.12. The lowest BCUT2D eigenvalue weighted by Crippen LogP contribution is -2.57. The zero-order valence-corrected chi connectivity index (χ0v) is 16.8. The third kappa shape index (κ3) is 4.38. The first kappa shape index (κ1) is 21.5. The first-order chi connectivity index (χ1) is 13.6. The summed E-state index contributed by atoms with van der Waals surface area (Å²) < 4.78 is 34.4. The van der Waals surface area contributed by atoms with Gasteiger partial charge >= 0.3 is 0 Å². The molecule has 1 N–H and O–H groups in total. The molecule has 0 bridgehead atoms. The number of carbonyl (C=O) groups excluding carboxylic acids is 1. The topological polar surface area (TPSA) is 59.4 Å². The third-order valence-corrected chi connectivity index (χ3v) is 5.69. The largest absolute Gasteiger partial charge is 0.487 e. The predicted octanol–water partition coefficient (Wildman–Crippen LogP) is 2.73. The minimum absolute atomic E-state index is 0. The Morgan fingerprint density at radius 1 is 1.21 bits per heavy atom. The second-order valence-electron chi connectivity index (χ2n) is 7.42. The van der Waals surface area contributed by atoms with Gasteiger partial charge in [0.2, 0.25) is 0 Å². The number of rotatable bonds is 4. The molecule has 1 aromatic heterocycles. The second-order valence-corrected chi connectivity index (χ2v) is 7.42. The van der Waals surface area contributed by atoms with Crippen LogP contribution in [0.4, 0.5) is 8.78 Å². The van der Waals surface area contributed by atoms with E-state index in [1.165, 1.54) is 12.1 Å². The number of likely N-dealkylation sites (tertiary alicyclic amines) is 1. The Morgan fingerprint density at radius 3 is 2.55 bits per heavy atom. The maximum absolute atomic E-state index is 13.8. The molecule has 0 aliphatic carbocycles. The van der Waals surface area contributed by atoms with E-state index < -0.39 is 17.2 Å². The molecule has 4 rings (SSSR count). The van der Waals surface area contributed by atoms with Crippen molar-refractivity contribution in [2.75, 3.05) is 26.2 Å². The molecule has 6 nitrogen and oxygen atoms in total. The van der Waals surface area contributed by atoms with Crippen molar-refractivity contribution in [3.63, 3.8) is 0 Å². The van der Waals surface area contributed by atoms with Crippen molar-refractivity contribution in [1.29, 1.82) is 0 Å². The zero-order valence-electron chi connectivity index (χ0n) is 16.0. The van der Waals surface area contributed by atoms with E-state index in [2.05, 4.69) is 10.4 Å². The summed E-state index contributed by atoms with van der Waals surface area (Å²) in [7, 11) is 0. The van der Waals surface area contributed by atoms with Gasteiger partial charge in [-0.25, -0.2) is 8.78 Å². The summed E-state index contributed by atoms with van der Waals surface area (Å²) in [6, 6.07) is 5.15. The van der Waals surface area contributed by atoms with Crippen LogP contribution >= 0.6 is 12.4 Å². The van der Waals surface area contributed by atoms with E-state index in [-0.39, 0.29) is 30.2 Å². The van der Waals surface area contributed by atoms with E-state index in [9.17, 15) is 13.6 Å². The summed E-state index contributed by atoms with van der Waals surface area (Å²) in [6.07, 6.45) is 5.98. The average Bonchev–Trinajstić information content (AvgIpc) is 3.26. The fourth-order valence-electron chi connectivity index (χ4n) is 4.12. The molecule has 1 amide bonds. The van der Waals surface area contributed by atoms with Gasteiger partial charge in [0.05, 0.1) is 0 Å². The molecule has 0 spiro atoms. The van der Waals surface area contributed by atoms with Crippen molar-refractivity contribution < 1.29 is 18.3 Å². The molecule has 0 saturated carbocycles. The number of amides is 1. The lowest BCUT2D eigenvalue weighted by atomic mass is 9.86. The maximum Gasteiger partial charge on any atom is 0.250 e. The Labute approximate surface area is 174 Å². The number of benzene rings is 1. The van der Waals surface area contributed by atoms with E-state index in [4.69, 9.17) is 4.74 Å². The number of nitrogens with zero attached hydrogens (tertiary/aromatic N) is 3. The Morgan fingerprint density at radius 2 is 1.93 bits per heavy atom. The minimum Gasteiger partial charge on any atom is -0.487 e. The highest BCUT2D eigenvalue weighted by molar-refractivity contribution is 5.85. The number of hydrogen-bond acceptors (Lipinski definition) is 4. The molecule has 0 unspecified atom stereocenters. The number of ether oxygens (including phenoxy) is 1. The first-order valence-electron chi connectivity index (χ1n) is 9.70. The van der Waals surface area contributed by atoms with Crippen LogP contribution in [0.15, 0.2) is 36.7 Å². The van der Waals surface area contributed by atoms with Crippen LogP contribution < -0.4 is 10.1 Å². The predicted molar refractivity (Wildman–Crippen MR) is 106 cm³/mol. The Bertz CT molecular complexity index is 820. The van der Waals surface area contributed by atoms with E-state index in [1.54, 1.807) is 10.9 Å². The molecular formula is C20H25ClF2N4O2. The normalized spacial score (nSPS) is 19.4. The molecular weight excluding hydrogens is 402 g/mol. The van der Waals surface area contributed by atoms with Gasteiger partial charge in [-0.3, -0.25) is 9.48 Å². The van der Waals surface area contributed by atoms with E-state index in [0.717, 1.165) is 19.2 Å². The average molecular weight is 427 g/mol. The third-order valence-electron chi connectivity index (χ3n) is 5.69.